The van der Waals surface area contributed by atoms with Crippen molar-refractivity contribution in [3.63, 3.8) is 0 Å². The van der Waals surface area contributed by atoms with Crippen molar-refractivity contribution in [3.8, 4) is 5.75 Å². The molecule has 0 aliphatic rings. The van der Waals surface area contributed by atoms with Crippen LogP contribution < -0.4 is 15.5 Å². The average Bonchev–Trinajstić information content (AvgIpc) is 2.54. The van der Waals surface area contributed by atoms with Gasteiger partial charge in [0.1, 0.15) is 23.6 Å². The monoisotopic (exact) mass is 296 g/mol. The number of nitrogens with zero attached hydrogens (tertiary/aromatic N) is 2. The predicted molar refractivity (Wildman–Crippen MR) is 86.0 cm³/mol. The molecule has 6 nitrogen and oxygen atoms in total. The summed E-state index contributed by atoms with van der Waals surface area (Å²) in [5, 5.41) is 13.3. The van der Waals surface area contributed by atoms with Gasteiger partial charge in [-0.15, -0.1) is 0 Å². The van der Waals surface area contributed by atoms with Crippen LogP contribution in [0.15, 0.2) is 42.7 Å². The quantitative estimate of drug-likeness (QED) is 0.640. The van der Waals surface area contributed by atoms with E-state index in [0.29, 0.717) is 17.3 Å². The highest BCUT2D eigenvalue weighted by molar-refractivity contribution is 5.94. The molecule has 0 bridgehead atoms. The second-order valence-corrected chi connectivity index (χ2v) is 4.90. The maximum atomic E-state index is 9.23. The lowest BCUT2D eigenvalue weighted by Crippen LogP contribution is -1.99. The minimum atomic E-state index is 0.456. The van der Waals surface area contributed by atoms with Crippen molar-refractivity contribution in [2.45, 2.75) is 6.92 Å². The SMILES string of the molecule is COc1cc2ncnc(Nc3cccc(C)c3)c2cc1NO. The number of fused-ring (bicyclic) bond motifs is 1. The molecule has 2 aromatic carbocycles. The number of aryl methyl sites for hydroxylation is 1. The number of benzene rings is 2. The van der Waals surface area contributed by atoms with Gasteiger partial charge in [0, 0.05) is 17.1 Å². The van der Waals surface area contributed by atoms with Crippen molar-refractivity contribution in [1.29, 1.82) is 0 Å². The topological polar surface area (TPSA) is 79.3 Å². The molecule has 0 aliphatic carbocycles. The number of aromatic nitrogens is 2. The summed E-state index contributed by atoms with van der Waals surface area (Å²) >= 11 is 0. The van der Waals surface area contributed by atoms with Gasteiger partial charge in [-0.05, 0) is 30.7 Å². The molecule has 0 spiro atoms. The van der Waals surface area contributed by atoms with Crippen molar-refractivity contribution in [2.75, 3.05) is 17.9 Å². The van der Waals surface area contributed by atoms with Gasteiger partial charge in [0.05, 0.1) is 12.6 Å². The molecule has 3 N–H and O–H groups in total. The second kappa shape index (κ2) is 5.87. The van der Waals surface area contributed by atoms with Gasteiger partial charge in [-0.25, -0.2) is 9.97 Å². The minimum Gasteiger partial charge on any atom is -0.494 e. The fourth-order valence-corrected chi connectivity index (χ4v) is 2.30. The number of hydrogen-bond donors (Lipinski definition) is 3. The summed E-state index contributed by atoms with van der Waals surface area (Å²) in [6.07, 6.45) is 1.49. The van der Waals surface area contributed by atoms with Gasteiger partial charge in [0.25, 0.3) is 0 Å². The van der Waals surface area contributed by atoms with Crippen LogP contribution in [-0.4, -0.2) is 22.3 Å². The lowest BCUT2D eigenvalue weighted by Gasteiger charge is -2.12. The van der Waals surface area contributed by atoms with Gasteiger partial charge < -0.3 is 10.1 Å². The zero-order chi connectivity index (χ0) is 15.5. The average molecular weight is 296 g/mol. The number of methoxy groups -OCH3 is 1. The standard InChI is InChI=1S/C16H16N4O2/c1-10-4-3-5-11(6-10)19-16-12-7-14(20-21)15(22-2)8-13(12)17-9-18-16/h3-9,20-21H,1-2H3,(H,17,18,19). The normalized spacial score (nSPS) is 10.5. The maximum absolute atomic E-state index is 9.23. The van der Waals surface area contributed by atoms with E-state index in [0.717, 1.165) is 22.2 Å². The largest absolute Gasteiger partial charge is 0.494 e. The fraction of sp³-hybridized carbons (Fsp3) is 0.125. The molecular formula is C16H16N4O2. The summed E-state index contributed by atoms with van der Waals surface area (Å²) < 4.78 is 5.21. The minimum absolute atomic E-state index is 0.456. The molecule has 1 heterocycles. The molecule has 0 aliphatic heterocycles. The first-order chi connectivity index (χ1) is 10.7. The van der Waals surface area contributed by atoms with Crippen molar-refractivity contribution >= 4 is 28.1 Å². The van der Waals surface area contributed by atoms with E-state index in [2.05, 4.69) is 20.8 Å². The Morgan fingerprint density at radius 3 is 2.73 bits per heavy atom. The first-order valence-corrected chi connectivity index (χ1v) is 6.78. The van der Waals surface area contributed by atoms with Crippen LogP contribution in [0.1, 0.15) is 5.56 Å². The molecular weight excluding hydrogens is 280 g/mol. The van der Waals surface area contributed by atoms with Crippen LogP contribution in [0.25, 0.3) is 10.9 Å². The second-order valence-electron chi connectivity index (χ2n) is 4.90. The van der Waals surface area contributed by atoms with Crippen LogP contribution in [0.2, 0.25) is 0 Å². The van der Waals surface area contributed by atoms with Gasteiger partial charge in [-0.1, -0.05) is 12.1 Å². The van der Waals surface area contributed by atoms with E-state index in [1.807, 2.05) is 31.2 Å². The Morgan fingerprint density at radius 2 is 2.00 bits per heavy atom. The molecule has 22 heavy (non-hydrogen) atoms. The third-order valence-electron chi connectivity index (χ3n) is 3.36. The molecule has 0 fully saturated rings. The number of anilines is 3. The molecule has 3 rings (SSSR count). The van der Waals surface area contributed by atoms with Crippen LogP contribution >= 0.6 is 0 Å². The maximum Gasteiger partial charge on any atom is 0.146 e. The molecule has 3 aromatic rings. The van der Waals surface area contributed by atoms with Crippen molar-refractivity contribution in [3.05, 3.63) is 48.3 Å². The Kier molecular flexibility index (Phi) is 3.76. The summed E-state index contributed by atoms with van der Waals surface area (Å²) in [6.45, 7) is 2.03. The lowest BCUT2D eigenvalue weighted by molar-refractivity contribution is 0.373. The molecule has 0 saturated heterocycles. The summed E-state index contributed by atoms with van der Waals surface area (Å²) in [6, 6.07) is 11.5. The first-order valence-electron chi connectivity index (χ1n) is 6.78. The summed E-state index contributed by atoms with van der Waals surface area (Å²) in [7, 11) is 1.54. The van der Waals surface area contributed by atoms with Crippen LogP contribution in [0.3, 0.4) is 0 Å². The van der Waals surface area contributed by atoms with Crippen LogP contribution in [-0.2, 0) is 0 Å². The zero-order valence-corrected chi connectivity index (χ0v) is 12.3. The van der Waals surface area contributed by atoms with Crippen LogP contribution in [0, 0.1) is 6.92 Å². The third-order valence-corrected chi connectivity index (χ3v) is 3.36. The van der Waals surface area contributed by atoms with Crippen molar-refractivity contribution in [2.24, 2.45) is 0 Å². The molecule has 0 unspecified atom stereocenters. The summed E-state index contributed by atoms with van der Waals surface area (Å²) in [5.74, 6) is 1.17. The van der Waals surface area contributed by atoms with Crippen molar-refractivity contribution in [1.82, 2.24) is 9.97 Å². The number of hydrogen-bond acceptors (Lipinski definition) is 6. The van der Waals surface area contributed by atoms with Gasteiger partial charge in [0.15, 0.2) is 0 Å². The van der Waals surface area contributed by atoms with Gasteiger partial charge >= 0.3 is 0 Å². The van der Waals surface area contributed by atoms with E-state index in [-0.39, 0.29) is 0 Å². The smallest absolute Gasteiger partial charge is 0.146 e. The molecule has 0 radical (unpaired) electrons. The Hall–Kier alpha value is -2.86. The van der Waals surface area contributed by atoms with Gasteiger partial charge in [-0.3, -0.25) is 10.7 Å². The fourth-order valence-electron chi connectivity index (χ4n) is 2.30. The Morgan fingerprint density at radius 1 is 1.14 bits per heavy atom. The molecule has 0 saturated carbocycles. The highest BCUT2D eigenvalue weighted by atomic mass is 16.5. The van der Waals surface area contributed by atoms with E-state index < -0.39 is 0 Å². The van der Waals surface area contributed by atoms with E-state index in [4.69, 9.17) is 4.74 Å². The van der Waals surface area contributed by atoms with Crippen LogP contribution in [0.5, 0.6) is 5.75 Å². The van der Waals surface area contributed by atoms with E-state index in [1.54, 1.807) is 12.1 Å². The number of rotatable bonds is 4. The molecule has 6 heteroatoms. The van der Waals surface area contributed by atoms with E-state index >= 15 is 0 Å². The first kappa shape index (κ1) is 14.1. The van der Waals surface area contributed by atoms with E-state index in [1.165, 1.54) is 13.4 Å². The predicted octanol–water partition coefficient (Wildman–Crippen LogP) is 3.49. The lowest BCUT2D eigenvalue weighted by atomic mass is 10.2. The number of nitrogens with one attached hydrogen (secondary N) is 2. The number of ether oxygens (including phenoxy) is 1. The summed E-state index contributed by atoms with van der Waals surface area (Å²) in [5.41, 5.74) is 5.40. The Balaban J connectivity index is 2.09. The summed E-state index contributed by atoms with van der Waals surface area (Å²) in [4.78, 5) is 8.53. The zero-order valence-electron chi connectivity index (χ0n) is 12.3. The highest BCUT2D eigenvalue weighted by Gasteiger charge is 2.10. The van der Waals surface area contributed by atoms with Gasteiger partial charge in [-0.2, -0.15) is 0 Å². The molecule has 1 aromatic heterocycles. The molecule has 0 atom stereocenters. The Labute approximate surface area is 127 Å². The van der Waals surface area contributed by atoms with Crippen LogP contribution in [0.4, 0.5) is 17.2 Å². The Bertz CT molecular complexity index is 820. The highest BCUT2D eigenvalue weighted by Crippen LogP contribution is 2.32. The van der Waals surface area contributed by atoms with Crippen molar-refractivity contribution < 1.29 is 9.94 Å². The van der Waals surface area contributed by atoms with E-state index in [9.17, 15) is 5.21 Å². The molecule has 0 amide bonds. The third kappa shape index (κ3) is 2.64. The van der Waals surface area contributed by atoms with Gasteiger partial charge in [0.2, 0.25) is 0 Å². The molecule has 112 valence electrons.